The maximum Gasteiger partial charge on any atom is 0.143 e. The Hall–Kier alpha value is -1.48. The van der Waals surface area contributed by atoms with Crippen molar-refractivity contribution in [2.75, 3.05) is 6.61 Å². The predicted octanol–water partition coefficient (Wildman–Crippen LogP) is 1.53. The first-order valence-corrected chi connectivity index (χ1v) is 4.74. The molecule has 0 spiro atoms. The van der Waals surface area contributed by atoms with Crippen molar-refractivity contribution in [3.05, 3.63) is 30.0 Å². The Bertz CT molecular complexity index is 487. The Kier molecular flexibility index (Phi) is 1.55. The molecule has 1 aliphatic rings. The molecule has 0 aliphatic carbocycles. The van der Waals surface area contributed by atoms with Crippen molar-refractivity contribution in [3.63, 3.8) is 0 Å². The Morgan fingerprint density at radius 1 is 1.43 bits per heavy atom. The van der Waals surface area contributed by atoms with Crippen LogP contribution in [0.15, 0.2) is 24.4 Å². The number of hydrogen-bond donors (Lipinski definition) is 1. The van der Waals surface area contributed by atoms with Crippen LogP contribution in [-0.2, 0) is 13.2 Å². The van der Waals surface area contributed by atoms with E-state index in [0.717, 1.165) is 28.8 Å². The maximum absolute atomic E-state index is 9.20. The molecule has 2 heterocycles. The van der Waals surface area contributed by atoms with Crippen LogP contribution in [0.2, 0.25) is 0 Å². The zero-order valence-corrected chi connectivity index (χ0v) is 7.73. The predicted molar refractivity (Wildman–Crippen MR) is 53.4 cm³/mol. The van der Waals surface area contributed by atoms with E-state index in [0.29, 0.717) is 6.61 Å². The van der Waals surface area contributed by atoms with Crippen LogP contribution in [-0.4, -0.2) is 16.3 Å². The molecule has 1 N–H and O–H groups in total. The molecule has 0 atom stereocenters. The lowest BCUT2D eigenvalue weighted by Gasteiger charge is -2.16. The van der Waals surface area contributed by atoms with Crippen molar-refractivity contribution in [3.8, 4) is 5.75 Å². The van der Waals surface area contributed by atoms with Gasteiger partial charge in [0.1, 0.15) is 12.4 Å². The second-order valence-corrected chi connectivity index (χ2v) is 3.51. The van der Waals surface area contributed by atoms with Gasteiger partial charge in [-0.1, -0.05) is 12.1 Å². The van der Waals surface area contributed by atoms with Gasteiger partial charge in [-0.25, -0.2) is 0 Å². The van der Waals surface area contributed by atoms with Crippen LogP contribution in [0.1, 0.15) is 5.56 Å². The van der Waals surface area contributed by atoms with Crippen molar-refractivity contribution in [2.24, 2.45) is 0 Å². The molecule has 14 heavy (non-hydrogen) atoms. The zero-order valence-electron chi connectivity index (χ0n) is 7.73. The monoisotopic (exact) mass is 189 g/mol. The lowest BCUT2D eigenvalue weighted by atomic mass is 10.2. The average Bonchev–Trinajstić information content (AvgIpc) is 2.60. The van der Waals surface area contributed by atoms with Gasteiger partial charge in [-0.05, 0) is 6.07 Å². The lowest BCUT2D eigenvalue weighted by molar-refractivity contribution is 0.279. The van der Waals surface area contributed by atoms with Crippen LogP contribution < -0.4 is 4.74 Å². The summed E-state index contributed by atoms with van der Waals surface area (Å²) in [4.78, 5) is 0. The van der Waals surface area contributed by atoms with Gasteiger partial charge < -0.3 is 14.4 Å². The van der Waals surface area contributed by atoms with Gasteiger partial charge in [-0.2, -0.15) is 0 Å². The second kappa shape index (κ2) is 2.75. The van der Waals surface area contributed by atoms with Crippen molar-refractivity contribution < 1.29 is 9.84 Å². The fraction of sp³-hybridized carbons (Fsp3) is 0.273. The first-order valence-electron chi connectivity index (χ1n) is 4.74. The molecule has 2 aromatic rings. The molecule has 0 radical (unpaired) electrons. The minimum Gasteiger partial charge on any atom is -0.490 e. The minimum atomic E-state index is 0.0902. The number of aromatic nitrogens is 1. The Morgan fingerprint density at radius 3 is 3.21 bits per heavy atom. The van der Waals surface area contributed by atoms with Gasteiger partial charge >= 0.3 is 0 Å². The van der Waals surface area contributed by atoms with Gasteiger partial charge in [0.05, 0.1) is 18.7 Å². The smallest absolute Gasteiger partial charge is 0.143 e. The van der Waals surface area contributed by atoms with Crippen LogP contribution >= 0.6 is 0 Å². The molecule has 3 nitrogen and oxygen atoms in total. The highest BCUT2D eigenvalue weighted by Gasteiger charge is 2.15. The third kappa shape index (κ3) is 0.902. The zero-order chi connectivity index (χ0) is 9.54. The summed E-state index contributed by atoms with van der Waals surface area (Å²) in [5.41, 5.74) is 2.09. The number of rotatable bonds is 1. The van der Waals surface area contributed by atoms with Crippen LogP contribution in [0, 0.1) is 0 Å². The largest absolute Gasteiger partial charge is 0.490 e. The third-order valence-corrected chi connectivity index (χ3v) is 2.70. The summed E-state index contributed by atoms with van der Waals surface area (Å²) >= 11 is 0. The van der Waals surface area contributed by atoms with Crippen molar-refractivity contribution in [2.45, 2.75) is 13.2 Å². The minimum absolute atomic E-state index is 0.0902. The summed E-state index contributed by atoms with van der Waals surface area (Å²) in [6.07, 6.45) is 2.01. The molecule has 1 aromatic carbocycles. The molecule has 0 bridgehead atoms. The Morgan fingerprint density at radius 2 is 2.36 bits per heavy atom. The molecule has 0 unspecified atom stereocenters. The fourth-order valence-electron chi connectivity index (χ4n) is 2.07. The van der Waals surface area contributed by atoms with Crippen molar-refractivity contribution in [1.29, 1.82) is 0 Å². The molecule has 1 aliphatic heterocycles. The van der Waals surface area contributed by atoms with Gasteiger partial charge in [0.2, 0.25) is 0 Å². The molecular formula is C11H11NO2. The molecule has 3 heteroatoms. The van der Waals surface area contributed by atoms with E-state index in [-0.39, 0.29) is 6.61 Å². The van der Waals surface area contributed by atoms with E-state index < -0.39 is 0 Å². The summed E-state index contributed by atoms with van der Waals surface area (Å²) in [6, 6.07) is 5.96. The quantitative estimate of drug-likeness (QED) is 0.738. The van der Waals surface area contributed by atoms with Gasteiger partial charge in [-0.15, -0.1) is 0 Å². The van der Waals surface area contributed by atoms with Crippen molar-refractivity contribution >= 4 is 10.9 Å². The number of nitrogens with zero attached hydrogens (tertiary/aromatic N) is 1. The van der Waals surface area contributed by atoms with E-state index in [1.807, 2.05) is 24.4 Å². The van der Waals surface area contributed by atoms with Gasteiger partial charge in [0, 0.05) is 17.1 Å². The number of aliphatic hydroxyl groups excluding tert-OH is 1. The summed E-state index contributed by atoms with van der Waals surface area (Å²) in [6.45, 7) is 1.67. The number of para-hydroxylation sites is 1. The lowest BCUT2D eigenvalue weighted by Crippen LogP contribution is -2.12. The van der Waals surface area contributed by atoms with Gasteiger partial charge in [0.25, 0.3) is 0 Å². The topological polar surface area (TPSA) is 34.4 Å². The van der Waals surface area contributed by atoms with Gasteiger partial charge in [0.15, 0.2) is 0 Å². The van der Waals surface area contributed by atoms with Gasteiger partial charge in [-0.3, -0.25) is 0 Å². The number of hydrogen-bond acceptors (Lipinski definition) is 2. The molecule has 72 valence electrons. The molecule has 1 aromatic heterocycles. The first-order chi connectivity index (χ1) is 6.90. The molecule has 3 rings (SSSR count). The van der Waals surface area contributed by atoms with E-state index in [4.69, 9.17) is 4.74 Å². The Labute approximate surface area is 81.5 Å². The highest BCUT2D eigenvalue weighted by Crippen LogP contribution is 2.32. The molecular weight excluding hydrogens is 178 g/mol. The number of benzene rings is 1. The third-order valence-electron chi connectivity index (χ3n) is 2.70. The normalized spacial score (nSPS) is 14.4. The van der Waals surface area contributed by atoms with E-state index in [1.54, 1.807) is 0 Å². The van der Waals surface area contributed by atoms with Crippen LogP contribution in [0.5, 0.6) is 5.75 Å². The Balaban J connectivity index is 2.42. The SMILES string of the molecule is OCc1cn2c3c(cccc13)OCC2. The van der Waals surface area contributed by atoms with Crippen molar-refractivity contribution in [1.82, 2.24) is 4.57 Å². The van der Waals surface area contributed by atoms with E-state index in [9.17, 15) is 5.11 Å². The summed E-state index contributed by atoms with van der Waals surface area (Å²) < 4.78 is 7.70. The standard InChI is InChI=1S/C11H11NO2/c13-7-8-6-12-4-5-14-10-3-1-2-9(8)11(10)12/h1-3,6,13H,4-5,7H2. The van der Waals surface area contributed by atoms with Crippen LogP contribution in [0.4, 0.5) is 0 Å². The molecule has 0 amide bonds. The summed E-state index contributed by atoms with van der Waals surface area (Å²) in [5, 5.41) is 10.3. The van der Waals surface area contributed by atoms with Crippen LogP contribution in [0.3, 0.4) is 0 Å². The summed E-state index contributed by atoms with van der Waals surface area (Å²) in [5.74, 6) is 0.924. The highest BCUT2D eigenvalue weighted by atomic mass is 16.5. The molecule has 0 saturated carbocycles. The second-order valence-electron chi connectivity index (χ2n) is 3.51. The number of aliphatic hydroxyl groups is 1. The summed E-state index contributed by atoms with van der Waals surface area (Å²) in [7, 11) is 0. The maximum atomic E-state index is 9.20. The fourth-order valence-corrected chi connectivity index (χ4v) is 2.07. The highest BCUT2D eigenvalue weighted by molar-refractivity contribution is 5.89. The van der Waals surface area contributed by atoms with Crippen LogP contribution in [0.25, 0.3) is 10.9 Å². The number of ether oxygens (including phenoxy) is 1. The molecule has 0 saturated heterocycles. The van der Waals surface area contributed by atoms with E-state index >= 15 is 0 Å². The molecule has 0 fully saturated rings. The first kappa shape index (κ1) is 7.88. The average molecular weight is 189 g/mol. The van der Waals surface area contributed by atoms with E-state index in [1.165, 1.54) is 0 Å². The van der Waals surface area contributed by atoms with E-state index in [2.05, 4.69) is 4.57 Å².